The molecule has 0 aliphatic carbocycles. The molecular weight excluding hydrogens is 232 g/mol. The highest BCUT2D eigenvalue weighted by Crippen LogP contribution is 2.04. The van der Waals surface area contributed by atoms with Crippen molar-refractivity contribution >= 4 is 17.7 Å². The second kappa shape index (κ2) is 6.93. The third kappa shape index (κ3) is 4.69. The summed E-state index contributed by atoms with van der Waals surface area (Å²) in [6.45, 7) is 5.08. The van der Waals surface area contributed by atoms with E-state index in [2.05, 4.69) is 19.2 Å². The Labute approximate surface area is 107 Å². The summed E-state index contributed by atoms with van der Waals surface area (Å²) in [5, 5.41) is 2.78. The van der Waals surface area contributed by atoms with Crippen LogP contribution < -0.4 is 5.32 Å². The van der Waals surface area contributed by atoms with Gasteiger partial charge >= 0.3 is 0 Å². The van der Waals surface area contributed by atoms with Crippen LogP contribution in [0.25, 0.3) is 0 Å². The summed E-state index contributed by atoms with van der Waals surface area (Å²) in [4.78, 5) is 35.0. The van der Waals surface area contributed by atoms with Crippen LogP contribution >= 0.6 is 0 Å². The fourth-order valence-corrected chi connectivity index (χ4v) is 1.69. The van der Waals surface area contributed by atoms with Gasteiger partial charge < -0.3 is 5.32 Å². The molecule has 18 heavy (non-hydrogen) atoms. The Morgan fingerprint density at radius 3 is 2.44 bits per heavy atom. The van der Waals surface area contributed by atoms with E-state index in [-0.39, 0.29) is 30.7 Å². The Bertz CT molecular complexity index is 343. The van der Waals surface area contributed by atoms with E-state index in [1.165, 1.54) is 12.2 Å². The predicted octanol–water partition coefficient (Wildman–Crippen LogP) is 0.854. The molecule has 0 saturated carbocycles. The van der Waals surface area contributed by atoms with Gasteiger partial charge in [-0.05, 0) is 18.8 Å². The molecule has 0 spiro atoms. The summed E-state index contributed by atoms with van der Waals surface area (Å²) in [5.74, 6) is -0.167. The molecule has 0 aromatic heterocycles. The summed E-state index contributed by atoms with van der Waals surface area (Å²) in [6, 6.07) is 0. The topological polar surface area (TPSA) is 66.5 Å². The average molecular weight is 252 g/mol. The molecule has 1 N–H and O–H groups in total. The smallest absolute Gasteiger partial charge is 0.253 e. The standard InChI is InChI=1S/C13H20N2O3/c1-10(2)4-3-8-14-11(16)7-9-15-12(17)5-6-13(15)18/h5-6,10H,3-4,7-9H2,1-2H3,(H,14,16). The molecule has 0 aromatic carbocycles. The lowest BCUT2D eigenvalue weighted by Gasteiger charge is -2.13. The zero-order valence-corrected chi connectivity index (χ0v) is 10.9. The first-order valence-corrected chi connectivity index (χ1v) is 6.31. The zero-order valence-electron chi connectivity index (χ0n) is 10.9. The van der Waals surface area contributed by atoms with Crippen LogP contribution in [0.3, 0.4) is 0 Å². The molecule has 1 rings (SSSR count). The lowest BCUT2D eigenvalue weighted by Crippen LogP contribution is -2.35. The predicted molar refractivity (Wildman–Crippen MR) is 67.6 cm³/mol. The molecule has 5 heteroatoms. The van der Waals surface area contributed by atoms with Crippen molar-refractivity contribution in [2.45, 2.75) is 33.1 Å². The van der Waals surface area contributed by atoms with E-state index in [0.717, 1.165) is 17.7 Å². The number of rotatable bonds is 7. The summed E-state index contributed by atoms with van der Waals surface area (Å²) in [6.07, 6.45) is 4.65. The van der Waals surface area contributed by atoms with E-state index in [1.807, 2.05) is 0 Å². The molecule has 5 nitrogen and oxygen atoms in total. The van der Waals surface area contributed by atoms with Gasteiger partial charge in [0, 0.05) is 31.7 Å². The lowest BCUT2D eigenvalue weighted by atomic mass is 10.1. The van der Waals surface area contributed by atoms with Crippen LogP contribution in [0.2, 0.25) is 0 Å². The van der Waals surface area contributed by atoms with Gasteiger partial charge in [-0.1, -0.05) is 13.8 Å². The van der Waals surface area contributed by atoms with Gasteiger partial charge in [-0.3, -0.25) is 19.3 Å². The van der Waals surface area contributed by atoms with Gasteiger partial charge in [0.15, 0.2) is 0 Å². The number of imide groups is 1. The van der Waals surface area contributed by atoms with Crippen molar-refractivity contribution in [2.75, 3.05) is 13.1 Å². The summed E-state index contributed by atoms with van der Waals surface area (Å²) in [7, 11) is 0. The Kier molecular flexibility index (Phi) is 5.55. The normalized spacial score (nSPS) is 14.7. The van der Waals surface area contributed by atoms with Crippen molar-refractivity contribution in [3.8, 4) is 0 Å². The number of hydrogen-bond acceptors (Lipinski definition) is 3. The molecule has 0 saturated heterocycles. The van der Waals surface area contributed by atoms with Crippen molar-refractivity contribution in [3.05, 3.63) is 12.2 Å². The largest absolute Gasteiger partial charge is 0.356 e. The lowest BCUT2D eigenvalue weighted by molar-refractivity contribution is -0.137. The molecule has 0 bridgehead atoms. The maximum Gasteiger partial charge on any atom is 0.253 e. The van der Waals surface area contributed by atoms with Gasteiger partial charge in [0.1, 0.15) is 0 Å². The Balaban J connectivity index is 2.14. The minimum atomic E-state index is -0.340. The maximum atomic E-state index is 11.5. The summed E-state index contributed by atoms with van der Waals surface area (Å²) in [5.41, 5.74) is 0. The Morgan fingerprint density at radius 2 is 1.89 bits per heavy atom. The molecule has 0 radical (unpaired) electrons. The van der Waals surface area contributed by atoms with Crippen LogP contribution in [0, 0.1) is 5.92 Å². The van der Waals surface area contributed by atoms with Crippen LogP contribution in [-0.4, -0.2) is 35.7 Å². The quantitative estimate of drug-likeness (QED) is 0.539. The van der Waals surface area contributed by atoms with E-state index in [0.29, 0.717) is 12.5 Å². The number of nitrogens with one attached hydrogen (secondary N) is 1. The van der Waals surface area contributed by atoms with Crippen LogP contribution in [-0.2, 0) is 14.4 Å². The SMILES string of the molecule is CC(C)CCCNC(=O)CCN1C(=O)C=CC1=O. The first-order chi connectivity index (χ1) is 8.50. The molecule has 0 unspecified atom stereocenters. The van der Waals surface area contributed by atoms with Crippen LogP contribution in [0.5, 0.6) is 0 Å². The average Bonchev–Trinajstić information content (AvgIpc) is 2.62. The molecule has 0 aromatic rings. The molecule has 100 valence electrons. The molecular formula is C13H20N2O3. The number of amides is 3. The van der Waals surface area contributed by atoms with Gasteiger partial charge in [-0.2, -0.15) is 0 Å². The van der Waals surface area contributed by atoms with Gasteiger partial charge in [-0.25, -0.2) is 0 Å². The summed E-state index contributed by atoms with van der Waals surface area (Å²) < 4.78 is 0. The highest BCUT2D eigenvalue weighted by Gasteiger charge is 2.23. The van der Waals surface area contributed by atoms with Gasteiger partial charge in [0.25, 0.3) is 11.8 Å². The van der Waals surface area contributed by atoms with Crippen LogP contribution in [0.15, 0.2) is 12.2 Å². The molecule has 1 aliphatic rings. The Hall–Kier alpha value is -1.65. The monoisotopic (exact) mass is 252 g/mol. The maximum absolute atomic E-state index is 11.5. The van der Waals surface area contributed by atoms with Crippen molar-refractivity contribution in [1.82, 2.24) is 10.2 Å². The number of carbonyl (C=O) groups is 3. The van der Waals surface area contributed by atoms with Crippen LogP contribution in [0.1, 0.15) is 33.1 Å². The van der Waals surface area contributed by atoms with E-state index in [9.17, 15) is 14.4 Å². The Morgan fingerprint density at radius 1 is 1.28 bits per heavy atom. The molecule has 1 aliphatic heterocycles. The van der Waals surface area contributed by atoms with Gasteiger partial charge in [-0.15, -0.1) is 0 Å². The first-order valence-electron chi connectivity index (χ1n) is 6.31. The second-order valence-corrected chi connectivity index (χ2v) is 4.80. The van der Waals surface area contributed by atoms with Crippen molar-refractivity contribution in [3.63, 3.8) is 0 Å². The van der Waals surface area contributed by atoms with Crippen molar-refractivity contribution < 1.29 is 14.4 Å². The number of nitrogens with zero attached hydrogens (tertiary/aromatic N) is 1. The third-order valence-electron chi connectivity index (χ3n) is 2.74. The highest BCUT2D eigenvalue weighted by molar-refractivity contribution is 6.13. The number of hydrogen-bond donors (Lipinski definition) is 1. The highest BCUT2D eigenvalue weighted by atomic mass is 16.2. The molecule has 0 atom stereocenters. The van der Waals surface area contributed by atoms with E-state index >= 15 is 0 Å². The van der Waals surface area contributed by atoms with Crippen LogP contribution in [0.4, 0.5) is 0 Å². The van der Waals surface area contributed by atoms with Crippen molar-refractivity contribution in [2.24, 2.45) is 5.92 Å². The fraction of sp³-hybridized carbons (Fsp3) is 0.615. The molecule has 3 amide bonds. The second-order valence-electron chi connectivity index (χ2n) is 4.80. The molecule has 0 fully saturated rings. The van der Waals surface area contributed by atoms with E-state index < -0.39 is 0 Å². The van der Waals surface area contributed by atoms with Gasteiger partial charge in [0.05, 0.1) is 0 Å². The fourth-order valence-electron chi connectivity index (χ4n) is 1.69. The number of carbonyl (C=O) groups excluding carboxylic acids is 3. The zero-order chi connectivity index (χ0) is 13.5. The summed E-state index contributed by atoms with van der Waals surface area (Å²) >= 11 is 0. The van der Waals surface area contributed by atoms with E-state index in [1.54, 1.807) is 0 Å². The van der Waals surface area contributed by atoms with E-state index in [4.69, 9.17) is 0 Å². The minimum Gasteiger partial charge on any atom is -0.356 e. The van der Waals surface area contributed by atoms with Crippen molar-refractivity contribution in [1.29, 1.82) is 0 Å². The van der Waals surface area contributed by atoms with Gasteiger partial charge in [0.2, 0.25) is 5.91 Å². The molecule has 1 heterocycles. The third-order valence-corrected chi connectivity index (χ3v) is 2.74. The first kappa shape index (κ1) is 14.4. The minimum absolute atomic E-state index is 0.119.